The van der Waals surface area contributed by atoms with E-state index in [0.717, 1.165) is 25.7 Å². The minimum Gasteiger partial charge on any atom is -0.379 e. The van der Waals surface area contributed by atoms with Crippen LogP contribution in [0.2, 0.25) is 0 Å². The van der Waals surface area contributed by atoms with E-state index in [-0.39, 0.29) is 18.0 Å². The quantitative estimate of drug-likeness (QED) is 0.524. The van der Waals surface area contributed by atoms with Crippen molar-refractivity contribution >= 4 is 12.1 Å². The summed E-state index contributed by atoms with van der Waals surface area (Å²) in [6, 6.07) is 0.269. The van der Waals surface area contributed by atoms with Crippen molar-refractivity contribution in [3.05, 3.63) is 35.2 Å². The number of nitrogens with one attached hydrogen (secondary N) is 1. The molecular weight excluding hydrogens is 359 g/mol. The van der Waals surface area contributed by atoms with Gasteiger partial charge < -0.3 is 10.4 Å². The Balaban J connectivity index is 2.15. The van der Waals surface area contributed by atoms with Gasteiger partial charge in [0.25, 0.3) is 0 Å². The summed E-state index contributed by atoms with van der Waals surface area (Å²) in [6.45, 7) is 3.21. The van der Waals surface area contributed by atoms with Gasteiger partial charge in [-0.25, -0.2) is 0 Å². The highest BCUT2D eigenvalue weighted by Gasteiger charge is 2.39. The van der Waals surface area contributed by atoms with Crippen LogP contribution in [0.1, 0.15) is 68.8 Å². The van der Waals surface area contributed by atoms with E-state index in [0.29, 0.717) is 23.4 Å². The van der Waals surface area contributed by atoms with E-state index >= 15 is 0 Å². The van der Waals surface area contributed by atoms with Crippen molar-refractivity contribution in [1.29, 1.82) is 0 Å². The Kier molecular flexibility index (Phi) is 7.24. The lowest BCUT2D eigenvalue weighted by atomic mass is 9.96. The Labute approximate surface area is 156 Å². The molecule has 1 aliphatic carbocycles. The number of rotatable bonds is 7. The zero-order valence-electron chi connectivity index (χ0n) is 15.6. The zero-order valence-corrected chi connectivity index (χ0v) is 15.6. The molecule has 0 amide bonds. The molecule has 0 spiro atoms. The summed E-state index contributed by atoms with van der Waals surface area (Å²) in [5, 5.41) is 16.8. The van der Waals surface area contributed by atoms with E-state index in [1.54, 1.807) is 24.7 Å². The number of aromatic nitrogens is 2. The van der Waals surface area contributed by atoms with Crippen molar-refractivity contribution in [3.63, 3.8) is 0 Å². The van der Waals surface area contributed by atoms with Crippen LogP contribution in [0.15, 0.2) is 29.6 Å². The Bertz CT molecular complexity index is 702. The van der Waals surface area contributed by atoms with Crippen molar-refractivity contribution in [2.75, 3.05) is 5.32 Å². The predicted molar refractivity (Wildman–Crippen MR) is 97.6 cm³/mol. The maximum absolute atomic E-state index is 12.7. The molecule has 1 atom stereocenters. The van der Waals surface area contributed by atoms with Gasteiger partial charge in [-0.05, 0) is 37.8 Å². The van der Waals surface area contributed by atoms with Crippen LogP contribution in [0.3, 0.4) is 0 Å². The first kappa shape index (κ1) is 21.2. The third-order valence-corrected chi connectivity index (χ3v) is 4.77. The molecule has 1 saturated carbocycles. The smallest absolute Gasteiger partial charge is 0.379 e. The van der Waals surface area contributed by atoms with Crippen LogP contribution in [0.25, 0.3) is 0 Å². The summed E-state index contributed by atoms with van der Waals surface area (Å²) in [4.78, 5) is 11.3. The lowest BCUT2D eigenvalue weighted by Crippen LogP contribution is -2.30. The number of nitrogens with zero attached hydrogens (tertiary/aromatic N) is 2. The summed E-state index contributed by atoms with van der Waals surface area (Å²) < 4.78 is 39.8. The van der Waals surface area contributed by atoms with Crippen LogP contribution < -0.4 is 5.32 Å². The Morgan fingerprint density at radius 1 is 1.37 bits per heavy atom. The normalized spacial score (nSPS) is 18.4. The average molecular weight is 385 g/mol. The number of aliphatic hydroxyl groups excluding tert-OH is 1. The van der Waals surface area contributed by atoms with Gasteiger partial charge in [0.2, 0.25) is 0 Å². The number of alkyl halides is 3. The molecule has 150 valence electrons. The topological polar surface area (TPSA) is 67.2 Å². The maximum atomic E-state index is 12.7. The second-order valence-corrected chi connectivity index (χ2v) is 6.84. The molecule has 1 aliphatic rings. The fourth-order valence-electron chi connectivity index (χ4n) is 3.19. The van der Waals surface area contributed by atoms with Crippen LogP contribution in [0.5, 0.6) is 0 Å². The third kappa shape index (κ3) is 5.69. The lowest BCUT2D eigenvalue weighted by Gasteiger charge is -2.21. The number of aldehydes is 1. The van der Waals surface area contributed by atoms with Gasteiger partial charge in [-0.3, -0.25) is 9.48 Å². The molecule has 0 aromatic carbocycles. The van der Waals surface area contributed by atoms with Crippen LogP contribution in [-0.2, 0) is 0 Å². The average Bonchev–Trinajstić information content (AvgIpc) is 3.04. The molecule has 1 unspecified atom stereocenters. The molecule has 1 heterocycles. The van der Waals surface area contributed by atoms with E-state index in [4.69, 9.17) is 0 Å². The van der Waals surface area contributed by atoms with Crippen LogP contribution in [0.4, 0.5) is 19.0 Å². The molecule has 1 aromatic rings. The minimum absolute atomic E-state index is 0.0698. The molecule has 0 aliphatic heterocycles. The van der Waals surface area contributed by atoms with Gasteiger partial charge in [0, 0.05) is 11.9 Å². The summed E-state index contributed by atoms with van der Waals surface area (Å²) in [5.41, 5.74) is 0.794. The van der Waals surface area contributed by atoms with Gasteiger partial charge in [-0.1, -0.05) is 32.3 Å². The van der Waals surface area contributed by atoms with Gasteiger partial charge in [-0.2, -0.15) is 18.3 Å². The van der Waals surface area contributed by atoms with Crippen LogP contribution in [-0.4, -0.2) is 33.5 Å². The number of carbonyl (C=O) groups is 1. The van der Waals surface area contributed by atoms with E-state index in [1.165, 1.54) is 18.6 Å². The number of hydrogen-bond acceptors (Lipinski definition) is 4. The predicted octanol–water partition coefficient (Wildman–Crippen LogP) is 4.78. The largest absolute Gasteiger partial charge is 0.418 e. The second kappa shape index (κ2) is 9.21. The summed E-state index contributed by atoms with van der Waals surface area (Å²) in [5.74, 6) is 0.382. The highest BCUT2D eigenvalue weighted by molar-refractivity contribution is 5.82. The monoisotopic (exact) mass is 385 g/mol. The summed E-state index contributed by atoms with van der Waals surface area (Å²) in [6.07, 6.45) is 3.52. The molecule has 5 nitrogen and oxygen atoms in total. The molecule has 0 saturated heterocycles. The van der Waals surface area contributed by atoms with Crippen molar-refractivity contribution in [1.82, 2.24) is 9.78 Å². The van der Waals surface area contributed by atoms with E-state index in [9.17, 15) is 23.1 Å². The third-order valence-electron chi connectivity index (χ3n) is 4.77. The van der Waals surface area contributed by atoms with Crippen molar-refractivity contribution < 1.29 is 23.1 Å². The number of halogens is 3. The lowest BCUT2D eigenvalue weighted by molar-refractivity contribution is -0.191. The molecule has 0 bridgehead atoms. The highest BCUT2D eigenvalue weighted by atomic mass is 19.4. The number of hydrogen-bond donors (Lipinski definition) is 2. The van der Waals surface area contributed by atoms with Gasteiger partial charge in [0.15, 0.2) is 18.2 Å². The first-order chi connectivity index (χ1) is 12.8. The summed E-state index contributed by atoms with van der Waals surface area (Å²) in [7, 11) is 0. The van der Waals surface area contributed by atoms with E-state index in [2.05, 4.69) is 10.4 Å². The molecule has 1 fully saturated rings. The van der Waals surface area contributed by atoms with E-state index < -0.39 is 12.3 Å². The number of allylic oxidation sites excluding steroid dienone is 3. The molecule has 0 radical (unpaired) electrons. The highest BCUT2D eigenvalue weighted by Crippen LogP contribution is 2.29. The molecule has 1 aromatic heterocycles. The van der Waals surface area contributed by atoms with Crippen molar-refractivity contribution in [2.45, 2.75) is 70.7 Å². The Morgan fingerprint density at radius 3 is 2.59 bits per heavy atom. The molecule has 2 rings (SSSR count). The first-order valence-electron chi connectivity index (χ1n) is 9.19. The van der Waals surface area contributed by atoms with Crippen molar-refractivity contribution in [3.8, 4) is 0 Å². The van der Waals surface area contributed by atoms with Gasteiger partial charge in [-0.15, -0.1) is 0 Å². The number of carbonyl (C=O) groups excluding carboxylic acids is 1. The van der Waals surface area contributed by atoms with E-state index in [1.807, 2.05) is 0 Å². The molecule has 2 N–H and O–H groups in total. The summed E-state index contributed by atoms with van der Waals surface area (Å²) >= 11 is 0. The number of aliphatic hydroxyl groups is 1. The van der Waals surface area contributed by atoms with Crippen molar-refractivity contribution in [2.24, 2.45) is 0 Å². The molecule has 8 heteroatoms. The second-order valence-electron chi connectivity index (χ2n) is 6.84. The fourth-order valence-corrected chi connectivity index (χ4v) is 3.19. The van der Waals surface area contributed by atoms with Crippen LogP contribution in [0, 0.1) is 0 Å². The Morgan fingerprint density at radius 2 is 2.04 bits per heavy atom. The minimum atomic E-state index is -4.69. The van der Waals surface area contributed by atoms with Gasteiger partial charge in [0.05, 0.1) is 11.6 Å². The van der Waals surface area contributed by atoms with Gasteiger partial charge in [0.1, 0.15) is 0 Å². The Hall–Kier alpha value is -2.09. The SMILES string of the molecule is CC/C(=C\C=C(/C)Nc1nn(C2CCCCC2)cc1C=O)C(O)C(F)(F)F. The maximum Gasteiger partial charge on any atom is 0.418 e. The van der Waals surface area contributed by atoms with Gasteiger partial charge >= 0.3 is 6.18 Å². The molecule has 27 heavy (non-hydrogen) atoms. The first-order valence-corrected chi connectivity index (χ1v) is 9.19. The number of anilines is 1. The fraction of sp³-hybridized carbons (Fsp3) is 0.579. The van der Waals surface area contributed by atoms with Crippen LogP contribution >= 0.6 is 0 Å². The zero-order chi connectivity index (χ0) is 20.0. The standard InChI is InChI=1S/C19H26F3N3O2/c1-3-14(17(27)19(20,21)22)10-9-13(2)23-18-15(12-26)11-25(24-18)16-7-5-4-6-8-16/h9-12,16-17,27H,3-8H2,1-2H3,(H,23,24)/b13-9+,14-10+. The molecular formula is C19H26F3N3O2.